The maximum absolute atomic E-state index is 12.2. The molecule has 0 saturated heterocycles. The number of halogens is 3. The summed E-state index contributed by atoms with van der Waals surface area (Å²) in [6.07, 6.45) is -0.931. The fraction of sp³-hybridized carbons (Fsp3) is 0.571. The highest BCUT2D eigenvalue weighted by molar-refractivity contribution is 5.79. The van der Waals surface area contributed by atoms with Crippen molar-refractivity contribution in [2.24, 2.45) is 4.99 Å². The number of hydrogen-bond acceptors (Lipinski definition) is 3. The lowest BCUT2D eigenvalue weighted by atomic mass is 10.2. The van der Waals surface area contributed by atoms with Crippen molar-refractivity contribution in [2.75, 3.05) is 20.2 Å². The molecule has 8 heteroatoms. The minimum Gasteiger partial charge on any atom is -0.468 e. The molecule has 0 spiro atoms. The summed E-state index contributed by atoms with van der Waals surface area (Å²) in [5.41, 5.74) is 0.533. The molecule has 0 bridgehead atoms. The minimum absolute atomic E-state index is 0.0312. The fourth-order valence-corrected chi connectivity index (χ4v) is 1.62. The second-order valence-corrected chi connectivity index (χ2v) is 4.58. The molecule has 1 aromatic heterocycles. The van der Waals surface area contributed by atoms with Crippen LogP contribution in [0.3, 0.4) is 0 Å². The number of nitrogens with one attached hydrogen (secondary N) is 2. The molecule has 0 saturated carbocycles. The number of rotatable bonds is 7. The van der Waals surface area contributed by atoms with Crippen LogP contribution in [0.2, 0.25) is 0 Å². The van der Waals surface area contributed by atoms with E-state index in [1.165, 1.54) is 6.20 Å². The molecule has 0 amide bonds. The number of ether oxygens (including phenoxy) is 1. The highest BCUT2D eigenvalue weighted by atomic mass is 19.4. The zero-order valence-electron chi connectivity index (χ0n) is 12.7. The molecule has 0 aromatic carbocycles. The lowest BCUT2D eigenvalue weighted by Gasteiger charge is -2.14. The molecule has 0 unspecified atom stereocenters. The zero-order chi connectivity index (χ0) is 16.4. The van der Waals surface area contributed by atoms with E-state index in [1.807, 2.05) is 0 Å². The molecule has 1 rings (SSSR count). The van der Waals surface area contributed by atoms with Gasteiger partial charge in [0.05, 0.1) is 0 Å². The van der Waals surface area contributed by atoms with E-state index in [4.69, 9.17) is 4.74 Å². The standard InChI is InChI=1S/C14H21F3N4O/c1-3-4-7-20-13(18-2)21-9-11-6-5-8-19-12(11)22-10-14(15,16)17/h5-6,8H,3-4,7,9-10H2,1-2H3,(H2,18,20,21). The van der Waals surface area contributed by atoms with Gasteiger partial charge in [-0.15, -0.1) is 0 Å². The summed E-state index contributed by atoms with van der Waals surface area (Å²) in [4.78, 5) is 7.88. The largest absolute Gasteiger partial charge is 0.468 e. The molecule has 0 aliphatic heterocycles. The van der Waals surface area contributed by atoms with Crippen molar-refractivity contribution in [3.05, 3.63) is 23.9 Å². The van der Waals surface area contributed by atoms with Gasteiger partial charge in [-0.2, -0.15) is 13.2 Å². The van der Waals surface area contributed by atoms with Gasteiger partial charge in [0.1, 0.15) is 0 Å². The van der Waals surface area contributed by atoms with E-state index in [9.17, 15) is 13.2 Å². The Morgan fingerprint density at radius 2 is 2.14 bits per heavy atom. The summed E-state index contributed by atoms with van der Waals surface area (Å²) in [5, 5.41) is 6.13. The molecule has 0 fully saturated rings. The molecule has 124 valence electrons. The van der Waals surface area contributed by atoms with Crippen molar-refractivity contribution in [1.82, 2.24) is 15.6 Å². The van der Waals surface area contributed by atoms with Gasteiger partial charge in [-0.25, -0.2) is 4.98 Å². The van der Waals surface area contributed by atoms with Gasteiger partial charge in [0.25, 0.3) is 0 Å². The summed E-state index contributed by atoms with van der Waals surface area (Å²) in [7, 11) is 1.63. The van der Waals surface area contributed by atoms with E-state index in [0.717, 1.165) is 19.4 Å². The topological polar surface area (TPSA) is 58.5 Å². The van der Waals surface area contributed by atoms with Crippen LogP contribution in [0.15, 0.2) is 23.3 Å². The predicted octanol–water partition coefficient (Wildman–Crippen LogP) is 2.49. The Balaban J connectivity index is 2.57. The van der Waals surface area contributed by atoms with Crippen LogP contribution in [-0.2, 0) is 6.54 Å². The Morgan fingerprint density at radius 3 is 2.77 bits per heavy atom. The first-order valence-electron chi connectivity index (χ1n) is 7.04. The van der Waals surface area contributed by atoms with Gasteiger partial charge in [0.15, 0.2) is 12.6 Å². The van der Waals surface area contributed by atoms with Gasteiger partial charge in [0.2, 0.25) is 5.88 Å². The third-order valence-corrected chi connectivity index (χ3v) is 2.72. The van der Waals surface area contributed by atoms with Crippen LogP contribution in [0.4, 0.5) is 13.2 Å². The first kappa shape index (κ1) is 18.1. The number of hydrogen-bond donors (Lipinski definition) is 2. The number of aliphatic imine (C=N–C) groups is 1. The fourth-order valence-electron chi connectivity index (χ4n) is 1.62. The summed E-state index contributed by atoms with van der Waals surface area (Å²) in [5.74, 6) is 0.551. The van der Waals surface area contributed by atoms with Gasteiger partial charge in [0, 0.05) is 31.9 Å². The number of unbranched alkanes of at least 4 members (excludes halogenated alkanes) is 1. The van der Waals surface area contributed by atoms with Crippen molar-refractivity contribution in [3.8, 4) is 5.88 Å². The monoisotopic (exact) mass is 318 g/mol. The second kappa shape index (κ2) is 9.11. The Labute approximate surface area is 128 Å². The van der Waals surface area contributed by atoms with Crippen molar-refractivity contribution >= 4 is 5.96 Å². The molecule has 22 heavy (non-hydrogen) atoms. The lowest BCUT2D eigenvalue weighted by Crippen LogP contribution is -2.37. The zero-order valence-corrected chi connectivity index (χ0v) is 12.7. The molecule has 0 atom stereocenters. The number of aromatic nitrogens is 1. The predicted molar refractivity (Wildman–Crippen MR) is 78.9 cm³/mol. The summed E-state index contributed by atoms with van der Waals surface area (Å²) < 4.78 is 41.4. The van der Waals surface area contributed by atoms with E-state index in [0.29, 0.717) is 11.5 Å². The average molecular weight is 318 g/mol. The third-order valence-electron chi connectivity index (χ3n) is 2.72. The molecule has 1 aromatic rings. The lowest BCUT2D eigenvalue weighted by molar-refractivity contribution is -0.154. The average Bonchev–Trinajstić information content (AvgIpc) is 2.48. The van der Waals surface area contributed by atoms with E-state index >= 15 is 0 Å². The molecule has 5 nitrogen and oxygen atoms in total. The molecule has 2 N–H and O–H groups in total. The van der Waals surface area contributed by atoms with Crippen LogP contribution >= 0.6 is 0 Å². The molecular formula is C14H21F3N4O. The maximum atomic E-state index is 12.2. The van der Waals surface area contributed by atoms with Gasteiger partial charge < -0.3 is 15.4 Å². The third kappa shape index (κ3) is 7.14. The van der Waals surface area contributed by atoms with Gasteiger partial charge >= 0.3 is 6.18 Å². The molecule has 1 heterocycles. The smallest absolute Gasteiger partial charge is 0.422 e. The van der Waals surface area contributed by atoms with Crippen LogP contribution in [0.5, 0.6) is 5.88 Å². The molecule has 0 aliphatic carbocycles. The molecular weight excluding hydrogens is 297 g/mol. The van der Waals surface area contributed by atoms with Crippen LogP contribution in [-0.4, -0.2) is 37.3 Å². The van der Waals surface area contributed by atoms with Crippen molar-refractivity contribution in [3.63, 3.8) is 0 Å². The number of pyridine rings is 1. The first-order valence-corrected chi connectivity index (χ1v) is 7.04. The van der Waals surface area contributed by atoms with E-state index in [1.54, 1.807) is 19.2 Å². The summed E-state index contributed by atoms with van der Waals surface area (Å²) in [6.45, 7) is 1.77. The van der Waals surface area contributed by atoms with Crippen LogP contribution < -0.4 is 15.4 Å². The van der Waals surface area contributed by atoms with Gasteiger partial charge in [-0.05, 0) is 12.5 Å². The van der Waals surface area contributed by atoms with Crippen LogP contribution in [0.1, 0.15) is 25.3 Å². The van der Waals surface area contributed by atoms with Crippen LogP contribution in [0.25, 0.3) is 0 Å². The maximum Gasteiger partial charge on any atom is 0.422 e. The van der Waals surface area contributed by atoms with Gasteiger partial charge in [-0.3, -0.25) is 4.99 Å². The highest BCUT2D eigenvalue weighted by Crippen LogP contribution is 2.19. The number of nitrogens with zero attached hydrogens (tertiary/aromatic N) is 2. The van der Waals surface area contributed by atoms with Crippen molar-refractivity contribution < 1.29 is 17.9 Å². The SMILES string of the molecule is CCCCNC(=NC)NCc1cccnc1OCC(F)(F)F. The van der Waals surface area contributed by atoms with Gasteiger partial charge in [-0.1, -0.05) is 19.4 Å². The Hall–Kier alpha value is -1.99. The Kier molecular flexibility index (Phi) is 7.48. The summed E-state index contributed by atoms with van der Waals surface area (Å²) in [6, 6.07) is 3.30. The van der Waals surface area contributed by atoms with E-state index in [-0.39, 0.29) is 12.4 Å². The number of guanidine groups is 1. The van der Waals surface area contributed by atoms with Crippen LogP contribution in [0, 0.1) is 0 Å². The Bertz CT molecular complexity index is 477. The Morgan fingerprint density at radius 1 is 1.36 bits per heavy atom. The quantitative estimate of drug-likeness (QED) is 0.461. The molecule has 0 aliphatic rings. The van der Waals surface area contributed by atoms with Crippen molar-refractivity contribution in [1.29, 1.82) is 0 Å². The normalized spacial score (nSPS) is 12.1. The van der Waals surface area contributed by atoms with Crippen molar-refractivity contribution in [2.45, 2.75) is 32.5 Å². The van der Waals surface area contributed by atoms with E-state index in [2.05, 4.69) is 27.5 Å². The minimum atomic E-state index is -4.39. The summed E-state index contributed by atoms with van der Waals surface area (Å²) >= 11 is 0. The highest BCUT2D eigenvalue weighted by Gasteiger charge is 2.29. The first-order chi connectivity index (χ1) is 10.5. The number of alkyl halides is 3. The van der Waals surface area contributed by atoms with E-state index < -0.39 is 12.8 Å². The molecule has 0 radical (unpaired) electrons. The second-order valence-electron chi connectivity index (χ2n) is 4.58.